The van der Waals surface area contributed by atoms with Crippen LogP contribution in [-0.2, 0) is 4.79 Å². The number of anilines is 2. The molecule has 0 fully saturated rings. The molecule has 6 nitrogen and oxygen atoms in total. The summed E-state index contributed by atoms with van der Waals surface area (Å²) in [6, 6.07) is 19.1. The molecule has 4 aromatic rings. The number of rotatable bonds is 9. The summed E-state index contributed by atoms with van der Waals surface area (Å²) in [6.07, 6.45) is 0. The Morgan fingerprint density at radius 2 is 1.68 bits per heavy atom. The molecule has 34 heavy (non-hydrogen) atoms. The minimum atomic E-state index is -0.280. The number of benzene rings is 3. The minimum absolute atomic E-state index is 0.112. The van der Waals surface area contributed by atoms with E-state index in [9.17, 15) is 14.0 Å². The highest BCUT2D eigenvalue weighted by atomic mass is 32.1. The number of hydrogen-bond donors (Lipinski definition) is 2. The van der Waals surface area contributed by atoms with Crippen molar-refractivity contribution in [3.63, 3.8) is 0 Å². The second-order valence-corrected chi connectivity index (χ2v) is 9.03. The summed E-state index contributed by atoms with van der Waals surface area (Å²) in [4.78, 5) is 30.5. The Hall–Kier alpha value is -3.62. The zero-order chi connectivity index (χ0) is 24.1. The van der Waals surface area contributed by atoms with Crippen molar-refractivity contribution in [2.45, 2.75) is 6.92 Å². The van der Waals surface area contributed by atoms with Crippen molar-refractivity contribution in [2.24, 2.45) is 0 Å². The lowest BCUT2D eigenvalue weighted by atomic mass is 10.0. The quantitative estimate of drug-likeness (QED) is 0.334. The third-order valence-corrected chi connectivity index (χ3v) is 6.42. The van der Waals surface area contributed by atoms with E-state index in [-0.39, 0.29) is 17.5 Å². The zero-order valence-corrected chi connectivity index (χ0v) is 19.8. The van der Waals surface area contributed by atoms with E-state index in [0.717, 1.165) is 33.0 Å². The molecule has 0 bridgehead atoms. The van der Waals surface area contributed by atoms with E-state index in [2.05, 4.69) is 15.6 Å². The summed E-state index contributed by atoms with van der Waals surface area (Å²) in [5.74, 6) is -0.373. The minimum Gasteiger partial charge on any atom is -0.350 e. The van der Waals surface area contributed by atoms with Crippen LogP contribution >= 0.6 is 11.3 Å². The standard InChI is InChI=1S/C26H25FN4O2S/c1-17(32)16-28-13-14-31(2)26-30-23-12-11-22(15-24(23)34-26)29-25(33)20-5-3-18(4-6-20)19-7-9-21(27)10-8-19/h3-12,15,28H,13-14,16H2,1-2H3,(H,29,33). The number of hydrogen-bond acceptors (Lipinski definition) is 6. The average molecular weight is 477 g/mol. The lowest BCUT2D eigenvalue weighted by Gasteiger charge is -2.15. The summed E-state index contributed by atoms with van der Waals surface area (Å²) < 4.78 is 14.1. The fourth-order valence-electron chi connectivity index (χ4n) is 3.42. The molecule has 1 heterocycles. The van der Waals surface area contributed by atoms with E-state index in [1.807, 2.05) is 42.3 Å². The summed E-state index contributed by atoms with van der Waals surface area (Å²) in [5, 5.41) is 6.92. The largest absolute Gasteiger partial charge is 0.350 e. The van der Waals surface area contributed by atoms with Gasteiger partial charge < -0.3 is 15.5 Å². The summed E-state index contributed by atoms with van der Waals surface area (Å²) in [6.45, 7) is 3.34. The number of carbonyl (C=O) groups is 2. The highest BCUT2D eigenvalue weighted by Gasteiger charge is 2.11. The highest BCUT2D eigenvalue weighted by molar-refractivity contribution is 7.22. The van der Waals surface area contributed by atoms with Crippen LogP contribution < -0.4 is 15.5 Å². The van der Waals surface area contributed by atoms with Crippen molar-refractivity contribution in [3.05, 3.63) is 78.1 Å². The first-order valence-corrected chi connectivity index (χ1v) is 11.7. The van der Waals surface area contributed by atoms with Gasteiger partial charge in [-0.15, -0.1) is 0 Å². The van der Waals surface area contributed by atoms with Crippen LogP contribution in [0.5, 0.6) is 0 Å². The van der Waals surface area contributed by atoms with Crippen LogP contribution in [0.15, 0.2) is 66.7 Å². The molecule has 4 rings (SSSR count). The average Bonchev–Trinajstić information content (AvgIpc) is 3.26. The molecule has 0 atom stereocenters. The van der Waals surface area contributed by atoms with Gasteiger partial charge in [-0.05, 0) is 60.5 Å². The maximum atomic E-state index is 13.1. The molecule has 3 aromatic carbocycles. The van der Waals surface area contributed by atoms with Gasteiger partial charge in [-0.3, -0.25) is 9.59 Å². The van der Waals surface area contributed by atoms with Crippen molar-refractivity contribution in [1.82, 2.24) is 10.3 Å². The third-order valence-electron chi connectivity index (χ3n) is 5.28. The van der Waals surface area contributed by atoms with Gasteiger partial charge in [0.15, 0.2) is 5.13 Å². The van der Waals surface area contributed by atoms with Crippen molar-refractivity contribution < 1.29 is 14.0 Å². The van der Waals surface area contributed by atoms with Crippen LogP contribution in [0.4, 0.5) is 15.2 Å². The van der Waals surface area contributed by atoms with E-state index in [1.165, 1.54) is 12.1 Å². The number of Topliss-reactive ketones (excluding diaryl/α,β-unsaturated/α-hetero) is 1. The fourth-order valence-corrected chi connectivity index (χ4v) is 4.41. The number of ketones is 1. The molecule has 1 aromatic heterocycles. The first-order valence-electron chi connectivity index (χ1n) is 10.9. The molecule has 0 aliphatic heterocycles. The molecular formula is C26H25FN4O2S. The second kappa shape index (κ2) is 10.5. The van der Waals surface area contributed by atoms with Crippen LogP contribution in [0.1, 0.15) is 17.3 Å². The Morgan fingerprint density at radius 3 is 2.35 bits per heavy atom. The van der Waals surface area contributed by atoms with E-state index in [4.69, 9.17) is 0 Å². The van der Waals surface area contributed by atoms with Gasteiger partial charge >= 0.3 is 0 Å². The van der Waals surface area contributed by atoms with E-state index in [1.54, 1.807) is 42.5 Å². The second-order valence-electron chi connectivity index (χ2n) is 8.02. The van der Waals surface area contributed by atoms with E-state index >= 15 is 0 Å². The lowest BCUT2D eigenvalue weighted by molar-refractivity contribution is -0.116. The number of carbonyl (C=O) groups excluding carboxylic acids is 2. The number of likely N-dealkylation sites (N-methyl/N-ethyl adjacent to an activating group) is 1. The lowest BCUT2D eigenvalue weighted by Crippen LogP contribution is -2.31. The van der Waals surface area contributed by atoms with Crippen molar-refractivity contribution in [2.75, 3.05) is 36.9 Å². The van der Waals surface area contributed by atoms with Crippen LogP contribution in [0.25, 0.3) is 21.3 Å². The van der Waals surface area contributed by atoms with Gasteiger partial charge in [-0.1, -0.05) is 35.6 Å². The predicted molar refractivity (Wildman–Crippen MR) is 136 cm³/mol. The Morgan fingerprint density at radius 1 is 1.00 bits per heavy atom. The first kappa shape index (κ1) is 23.5. The number of fused-ring (bicyclic) bond motifs is 1. The molecule has 174 valence electrons. The number of halogens is 1. The number of nitrogens with zero attached hydrogens (tertiary/aromatic N) is 2. The molecule has 2 N–H and O–H groups in total. The smallest absolute Gasteiger partial charge is 0.255 e. The monoisotopic (exact) mass is 476 g/mol. The summed E-state index contributed by atoms with van der Waals surface area (Å²) in [7, 11) is 1.96. The Balaban J connectivity index is 1.40. The number of amides is 1. The van der Waals surface area contributed by atoms with Gasteiger partial charge in [0.05, 0.1) is 16.8 Å². The van der Waals surface area contributed by atoms with Gasteiger partial charge in [0.2, 0.25) is 0 Å². The molecule has 0 spiro atoms. The Labute approximate surface area is 201 Å². The third kappa shape index (κ3) is 5.84. The molecule has 8 heteroatoms. The first-order chi connectivity index (χ1) is 16.4. The highest BCUT2D eigenvalue weighted by Crippen LogP contribution is 2.30. The van der Waals surface area contributed by atoms with Gasteiger partial charge in [-0.2, -0.15) is 0 Å². The van der Waals surface area contributed by atoms with Crippen molar-refractivity contribution in [1.29, 1.82) is 0 Å². The topological polar surface area (TPSA) is 74.3 Å². The maximum Gasteiger partial charge on any atom is 0.255 e. The van der Waals surface area contributed by atoms with Gasteiger partial charge in [0, 0.05) is 31.4 Å². The maximum absolute atomic E-state index is 13.1. The fraction of sp³-hybridized carbons (Fsp3) is 0.192. The molecule has 0 aliphatic rings. The molecule has 0 unspecified atom stereocenters. The van der Waals surface area contributed by atoms with Crippen molar-refractivity contribution >= 4 is 44.1 Å². The van der Waals surface area contributed by atoms with Gasteiger partial charge in [-0.25, -0.2) is 9.37 Å². The van der Waals surface area contributed by atoms with Crippen LogP contribution in [-0.4, -0.2) is 43.4 Å². The van der Waals surface area contributed by atoms with Crippen LogP contribution in [0.3, 0.4) is 0 Å². The number of aromatic nitrogens is 1. The Bertz CT molecular complexity index is 1300. The van der Waals surface area contributed by atoms with Gasteiger partial charge in [0.1, 0.15) is 11.6 Å². The van der Waals surface area contributed by atoms with Crippen LogP contribution in [0.2, 0.25) is 0 Å². The normalized spacial score (nSPS) is 10.9. The van der Waals surface area contributed by atoms with Gasteiger partial charge in [0.25, 0.3) is 5.91 Å². The van der Waals surface area contributed by atoms with E-state index < -0.39 is 0 Å². The molecule has 0 radical (unpaired) electrons. The summed E-state index contributed by atoms with van der Waals surface area (Å²) >= 11 is 1.55. The molecule has 0 saturated heterocycles. The number of nitrogens with one attached hydrogen (secondary N) is 2. The summed E-state index contributed by atoms with van der Waals surface area (Å²) in [5.41, 5.74) is 3.90. The van der Waals surface area contributed by atoms with Crippen molar-refractivity contribution in [3.8, 4) is 11.1 Å². The predicted octanol–water partition coefficient (Wildman–Crippen LogP) is 4.97. The molecular weight excluding hydrogens is 451 g/mol. The Kier molecular flexibility index (Phi) is 7.30. The molecule has 0 saturated carbocycles. The van der Waals surface area contributed by atoms with E-state index in [0.29, 0.717) is 24.3 Å². The zero-order valence-electron chi connectivity index (χ0n) is 19.0. The molecule has 0 aliphatic carbocycles. The molecule has 1 amide bonds. The SMILES string of the molecule is CC(=O)CNCCN(C)c1nc2ccc(NC(=O)c3ccc(-c4ccc(F)cc4)cc3)cc2s1. The number of thiazole rings is 1. The van der Waals surface area contributed by atoms with Crippen LogP contribution in [0, 0.1) is 5.82 Å².